The van der Waals surface area contributed by atoms with E-state index < -0.39 is 5.97 Å². The fourth-order valence-corrected chi connectivity index (χ4v) is 2.22. The highest BCUT2D eigenvalue weighted by Gasteiger charge is 2.09. The third-order valence-electron chi connectivity index (χ3n) is 2.10. The molecule has 5 heteroatoms. The lowest BCUT2D eigenvalue weighted by atomic mass is 10.3. The molecule has 0 aliphatic rings. The summed E-state index contributed by atoms with van der Waals surface area (Å²) in [5.74, 6) is 1.04. The lowest BCUT2D eigenvalue weighted by Crippen LogP contribution is -2.07. The first kappa shape index (κ1) is 12.1. The van der Waals surface area contributed by atoms with Crippen molar-refractivity contribution in [2.45, 2.75) is 37.8 Å². The van der Waals surface area contributed by atoms with Gasteiger partial charge in [0.25, 0.3) is 0 Å². The Morgan fingerprint density at radius 3 is 3.07 bits per heavy atom. The van der Waals surface area contributed by atoms with E-state index in [1.165, 1.54) is 0 Å². The maximum atomic E-state index is 10.5. The summed E-state index contributed by atoms with van der Waals surface area (Å²) in [5, 5.41) is 8.74. The predicted octanol–water partition coefficient (Wildman–Crippen LogP) is 2.00. The Kier molecular flexibility index (Phi) is 4.68. The zero-order valence-corrected chi connectivity index (χ0v) is 9.83. The molecule has 0 saturated carbocycles. The third kappa shape index (κ3) is 3.95. The van der Waals surface area contributed by atoms with Gasteiger partial charge in [-0.25, -0.2) is 4.98 Å². The summed E-state index contributed by atoms with van der Waals surface area (Å²) in [6.07, 6.45) is 3.93. The van der Waals surface area contributed by atoms with Gasteiger partial charge in [0.1, 0.15) is 5.82 Å². The Balaban J connectivity index is 2.39. The smallest absolute Gasteiger partial charge is 0.304 e. The van der Waals surface area contributed by atoms with Crippen molar-refractivity contribution in [2.75, 3.05) is 0 Å². The molecule has 0 fully saturated rings. The molecule has 0 bridgehead atoms. The van der Waals surface area contributed by atoms with Gasteiger partial charge in [-0.3, -0.25) is 4.79 Å². The first-order valence-corrected chi connectivity index (χ1v) is 6.01. The van der Waals surface area contributed by atoms with Crippen molar-refractivity contribution in [1.82, 2.24) is 9.55 Å². The van der Waals surface area contributed by atoms with Gasteiger partial charge in [0, 0.05) is 24.2 Å². The Morgan fingerprint density at radius 1 is 1.73 bits per heavy atom. The molecule has 0 aliphatic heterocycles. The number of hydrogen-bond acceptors (Lipinski definition) is 3. The Bertz CT molecular complexity index is 325. The SMILES string of the molecule is CCn1ccnc1CSC(C)CC(=O)O. The molecule has 0 amide bonds. The molecule has 0 spiro atoms. The Labute approximate surface area is 93.7 Å². The molecule has 4 nitrogen and oxygen atoms in total. The number of thioether (sulfide) groups is 1. The number of carboxylic acid groups (broad SMARTS) is 1. The summed E-state index contributed by atoms with van der Waals surface area (Å²) in [6.45, 7) is 4.90. The van der Waals surface area contributed by atoms with Gasteiger partial charge in [0.15, 0.2) is 0 Å². The molecule has 0 aromatic carbocycles. The van der Waals surface area contributed by atoms with Crippen LogP contribution in [0.25, 0.3) is 0 Å². The summed E-state index contributed by atoms with van der Waals surface area (Å²) in [6, 6.07) is 0. The number of rotatable bonds is 6. The van der Waals surface area contributed by atoms with E-state index in [1.807, 2.05) is 13.1 Å². The van der Waals surface area contributed by atoms with Crippen molar-refractivity contribution in [2.24, 2.45) is 0 Å². The lowest BCUT2D eigenvalue weighted by Gasteiger charge is -2.09. The van der Waals surface area contributed by atoms with E-state index in [1.54, 1.807) is 18.0 Å². The molecule has 15 heavy (non-hydrogen) atoms. The van der Waals surface area contributed by atoms with Crippen LogP contribution in [0.3, 0.4) is 0 Å². The van der Waals surface area contributed by atoms with E-state index in [4.69, 9.17) is 5.11 Å². The van der Waals surface area contributed by atoms with E-state index in [-0.39, 0.29) is 11.7 Å². The highest BCUT2D eigenvalue weighted by Crippen LogP contribution is 2.18. The van der Waals surface area contributed by atoms with Crippen LogP contribution < -0.4 is 0 Å². The molecule has 1 aromatic heterocycles. The number of aromatic nitrogens is 2. The van der Waals surface area contributed by atoms with Crippen LogP contribution in [0.15, 0.2) is 12.4 Å². The van der Waals surface area contributed by atoms with Crippen LogP contribution >= 0.6 is 11.8 Å². The van der Waals surface area contributed by atoms with E-state index in [2.05, 4.69) is 16.5 Å². The lowest BCUT2D eigenvalue weighted by molar-refractivity contribution is -0.136. The molecule has 1 heterocycles. The summed E-state index contributed by atoms with van der Waals surface area (Å²) in [5.41, 5.74) is 0. The van der Waals surface area contributed by atoms with Crippen LogP contribution in [0.2, 0.25) is 0 Å². The van der Waals surface area contributed by atoms with Crippen LogP contribution in [0.5, 0.6) is 0 Å². The maximum Gasteiger partial charge on any atom is 0.304 e. The number of imidazole rings is 1. The fourth-order valence-electron chi connectivity index (χ4n) is 1.29. The second-order valence-corrected chi connectivity index (χ2v) is 4.78. The molecule has 0 saturated heterocycles. The van der Waals surface area contributed by atoms with Gasteiger partial charge in [-0.1, -0.05) is 6.92 Å². The van der Waals surface area contributed by atoms with Gasteiger partial charge in [-0.2, -0.15) is 11.8 Å². The van der Waals surface area contributed by atoms with Crippen LogP contribution in [-0.4, -0.2) is 25.9 Å². The summed E-state index contributed by atoms with van der Waals surface area (Å²) in [4.78, 5) is 14.7. The number of aliphatic carboxylic acids is 1. The quantitative estimate of drug-likeness (QED) is 0.809. The number of hydrogen-bond donors (Lipinski definition) is 1. The van der Waals surface area contributed by atoms with Crippen LogP contribution in [-0.2, 0) is 17.1 Å². The third-order valence-corrected chi connectivity index (χ3v) is 3.26. The predicted molar refractivity (Wildman–Crippen MR) is 60.9 cm³/mol. The van der Waals surface area contributed by atoms with Crippen LogP contribution in [0, 0.1) is 0 Å². The second-order valence-electron chi connectivity index (χ2n) is 3.35. The first-order chi connectivity index (χ1) is 7.13. The molecule has 1 atom stereocenters. The number of nitrogens with zero attached hydrogens (tertiary/aromatic N) is 2. The molecule has 84 valence electrons. The molecule has 1 N–H and O–H groups in total. The molecule has 1 unspecified atom stereocenters. The zero-order chi connectivity index (χ0) is 11.3. The fraction of sp³-hybridized carbons (Fsp3) is 0.600. The molecule has 1 rings (SSSR count). The van der Waals surface area contributed by atoms with Gasteiger partial charge in [-0.05, 0) is 6.92 Å². The van der Waals surface area contributed by atoms with Crippen molar-refractivity contribution in [1.29, 1.82) is 0 Å². The van der Waals surface area contributed by atoms with Gasteiger partial charge in [0.05, 0.1) is 12.2 Å². The average Bonchev–Trinajstić information content (AvgIpc) is 2.60. The zero-order valence-electron chi connectivity index (χ0n) is 9.01. The number of aryl methyl sites for hydroxylation is 1. The minimum absolute atomic E-state index is 0.129. The first-order valence-electron chi connectivity index (χ1n) is 4.97. The minimum atomic E-state index is -0.742. The summed E-state index contributed by atoms with van der Waals surface area (Å²) >= 11 is 1.63. The highest BCUT2D eigenvalue weighted by atomic mass is 32.2. The van der Waals surface area contributed by atoms with Crippen molar-refractivity contribution in [3.05, 3.63) is 18.2 Å². The van der Waals surface area contributed by atoms with Gasteiger partial charge < -0.3 is 9.67 Å². The van der Waals surface area contributed by atoms with Gasteiger partial charge in [0.2, 0.25) is 0 Å². The summed E-state index contributed by atoms with van der Waals surface area (Å²) < 4.78 is 2.07. The molecule has 0 radical (unpaired) electrons. The van der Waals surface area contributed by atoms with Crippen molar-refractivity contribution < 1.29 is 9.90 Å². The van der Waals surface area contributed by atoms with Gasteiger partial charge in [-0.15, -0.1) is 0 Å². The van der Waals surface area contributed by atoms with Gasteiger partial charge >= 0.3 is 5.97 Å². The number of carboxylic acids is 1. The summed E-state index contributed by atoms with van der Waals surface area (Å²) in [7, 11) is 0. The molecule has 1 aromatic rings. The highest BCUT2D eigenvalue weighted by molar-refractivity contribution is 7.99. The monoisotopic (exact) mass is 228 g/mol. The van der Waals surface area contributed by atoms with E-state index >= 15 is 0 Å². The van der Waals surface area contributed by atoms with E-state index in [9.17, 15) is 4.79 Å². The van der Waals surface area contributed by atoms with E-state index in [0.29, 0.717) is 0 Å². The topological polar surface area (TPSA) is 55.1 Å². The Morgan fingerprint density at radius 2 is 2.47 bits per heavy atom. The van der Waals surface area contributed by atoms with Crippen molar-refractivity contribution in [3.63, 3.8) is 0 Å². The van der Waals surface area contributed by atoms with Crippen molar-refractivity contribution >= 4 is 17.7 Å². The average molecular weight is 228 g/mol. The van der Waals surface area contributed by atoms with Crippen LogP contribution in [0.4, 0.5) is 0 Å². The molecular formula is C10H16N2O2S. The number of carbonyl (C=O) groups is 1. The largest absolute Gasteiger partial charge is 0.481 e. The minimum Gasteiger partial charge on any atom is -0.481 e. The second kappa shape index (κ2) is 5.80. The normalized spacial score (nSPS) is 12.7. The maximum absolute atomic E-state index is 10.5. The standard InChI is InChI=1S/C10H16N2O2S/c1-3-12-5-4-11-9(12)7-15-8(2)6-10(13)14/h4-5,8H,3,6-7H2,1-2H3,(H,13,14). The Hall–Kier alpha value is -0.970. The molecular weight excluding hydrogens is 212 g/mol. The van der Waals surface area contributed by atoms with E-state index in [0.717, 1.165) is 18.1 Å². The van der Waals surface area contributed by atoms with Crippen LogP contribution in [0.1, 0.15) is 26.1 Å². The molecule has 0 aliphatic carbocycles. The van der Waals surface area contributed by atoms with Crippen molar-refractivity contribution in [3.8, 4) is 0 Å².